The highest BCUT2D eigenvalue weighted by molar-refractivity contribution is 6.30. The van der Waals surface area contributed by atoms with Crippen molar-refractivity contribution in [2.75, 3.05) is 19.6 Å². The maximum absolute atomic E-state index is 5.86. The molecule has 1 unspecified atom stereocenters. The van der Waals surface area contributed by atoms with Crippen molar-refractivity contribution in [3.8, 4) is 0 Å². The molecular formula is C12H19ClN2. The lowest BCUT2D eigenvalue weighted by molar-refractivity contribution is 0.224. The Hall–Kier alpha value is -0.570. The summed E-state index contributed by atoms with van der Waals surface area (Å²) >= 11 is 5.86. The Morgan fingerprint density at radius 2 is 1.73 bits per heavy atom. The molecule has 0 aliphatic heterocycles. The fourth-order valence-corrected chi connectivity index (χ4v) is 1.97. The van der Waals surface area contributed by atoms with Crippen LogP contribution in [0.5, 0.6) is 0 Å². The van der Waals surface area contributed by atoms with Crippen LogP contribution in [-0.2, 0) is 0 Å². The molecule has 0 aromatic heterocycles. The highest BCUT2D eigenvalue weighted by Crippen LogP contribution is 2.21. The van der Waals surface area contributed by atoms with Crippen LogP contribution in [0.2, 0.25) is 5.02 Å². The normalized spacial score (nSPS) is 13.1. The van der Waals surface area contributed by atoms with E-state index >= 15 is 0 Å². The largest absolute Gasteiger partial charge is 0.329 e. The molecule has 1 aromatic rings. The van der Waals surface area contributed by atoms with Gasteiger partial charge in [0.2, 0.25) is 0 Å². The van der Waals surface area contributed by atoms with Gasteiger partial charge in [-0.05, 0) is 30.8 Å². The fourth-order valence-electron chi connectivity index (χ4n) is 1.85. The first-order chi connectivity index (χ1) is 7.22. The minimum Gasteiger partial charge on any atom is -0.329 e. The van der Waals surface area contributed by atoms with Crippen molar-refractivity contribution in [1.82, 2.24) is 4.90 Å². The number of nitrogens with two attached hydrogens (primary N) is 1. The summed E-state index contributed by atoms with van der Waals surface area (Å²) < 4.78 is 0. The SMILES string of the molecule is CCN(CC)C(CN)c1ccc(Cl)cc1. The molecular weight excluding hydrogens is 208 g/mol. The van der Waals surface area contributed by atoms with Crippen molar-refractivity contribution in [1.29, 1.82) is 0 Å². The molecule has 2 nitrogen and oxygen atoms in total. The first-order valence-electron chi connectivity index (χ1n) is 5.42. The van der Waals surface area contributed by atoms with Gasteiger partial charge in [-0.25, -0.2) is 0 Å². The number of hydrogen-bond donors (Lipinski definition) is 1. The van der Waals surface area contributed by atoms with E-state index in [4.69, 9.17) is 17.3 Å². The highest BCUT2D eigenvalue weighted by Gasteiger charge is 2.15. The van der Waals surface area contributed by atoms with Gasteiger partial charge in [0.25, 0.3) is 0 Å². The predicted molar refractivity (Wildman–Crippen MR) is 66.2 cm³/mol. The molecule has 0 fully saturated rings. The maximum atomic E-state index is 5.86. The molecule has 1 atom stereocenters. The number of halogens is 1. The highest BCUT2D eigenvalue weighted by atomic mass is 35.5. The van der Waals surface area contributed by atoms with Crippen molar-refractivity contribution in [2.24, 2.45) is 5.73 Å². The minimum atomic E-state index is 0.303. The third-order valence-electron chi connectivity index (χ3n) is 2.73. The number of nitrogens with zero attached hydrogens (tertiary/aromatic N) is 1. The summed E-state index contributed by atoms with van der Waals surface area (Å²) in [5, 5.41) is 0.772. The Kier molecular flexibility index (Phi) is 5.09. The van der Waals surface area contributed by atoms with Crippen LogP contribution >= 0.6 is 11.6 Å². The monoisotopic (exact) mass is 226 g/mol. The van der Waals surface area contributed by atoms with E-state index in [0.717, 1.165) is 18.1 Å². The van der Waals surface area contributed by atoms with Crippen LogP contribution in [0.3, 0.4) is 0 Å². The van der Waals surface area contributed by atoms with E-state index in [2.05, 4.69) is 30.9 Å². The molecule has 0 bridgehead atoms. The van der Waals surface area contributed by atoms with Gasteiger partial charge in [0.05, 0.1) is 0 Å². The van der Waals surface area contributed by atoms with Crippen molar-refractivity contribution in [3.05, 3.63) is 34.9 Å². The fraction of sp³-hybridized carbons (Fsp3) is 0.500. The Morgan fingerprint density at radius 1 is 1.20 bits per heavy atom. The molecule has 84 valence electrons. The van der Waals surface area contributed by atoms with E-state index in [1.165, 1.54) is 5.56 Å². The summed E-state index contributed by atoms with van der Waals surface area (Å²) in [6.45, 7) is 6.98. The van der Waals surface area contributed by atoms with Gasteiger partial charge in [-0.3, -0.25) is 4.90 Å². The molecule has 0 saturated heterocycles. The zero-order valence-electron chi connectivity index (χ0n) is 9.41. The lowest BCUT2D eigenvalue weighted by Crippen LogP contribution is -2.33. The summed E-state index contributed by atoms with van der Waals surface area (Å²) in [6.07, 6.45) is 0. The average Bonchev–Trinajstić information content (AvgIpc) is 2.27. The zero-order chi connectivity index (χ0) is 11.3. The number of hydrogen-bond acceptors (Lipinski definition) is 2. The van der Waals surface area contributed by atoms with Gasteiger partial charge in [0.15, 0.2) is 0 Å². The molecule has 0 amide bonds. The standard InChI is InChI=1S/C12H19ClN2/c1-3-15(4-2)12(9-14)10-5-7-11(13)8-6-10/h5-8,12H,3-4,9,14H2,1-2H3. The van der Waals surface area contributed by atoms with Crippen LogP contribution in [0.1, 0.15) is 25.5 Å². The maximum Gasteiger partial charge on any atom is 0.0470 e. The summed E-state index contributed by atoms with van der Waals surface area (Å²) in [6, 6.07) is 8.25. The lowest BCUT2D eigenvalue weighted by Gasteiger charge is -2.28. The topological polar surface area (TPSA) is 29.3 Å². The van der Waals surface area contributed by atoms with Crippen LogP contribution in [0.25, 0.3) is 0 Å². The molecule has 3 heteroatoms. The van der Waals surface area contributed by atoms with E-state index in [-0.39, 0.29) is 0 Å². The molecule has 0 heterocycles. The first kappa shape index (κ1) is 12.5. The van der Waals surface area contributed by atoms with Gasteiger partial charge in [0, 0.05) is 17.6 Å². The molecule has 15 heavy (non-hydrogen) atoms. The van der Waals surface area contributed by atoms with Gasteiger partial charge in [-0.2, -0.15) is 0 Å². The Bertz CT molecular complexity index is 280. The second-order valence-electron chi connectivity index (χ2n) is 3.52. The third-order valence-corrected chi connectivity index (χ3v) is 2.98. The third kappa shape index (κ3) is 3.20. The Morgan fingerprint density at radius 3 is 2.13 bits per heavy atom. The summed E-state index contributed by atoms with van der Waals surface area (Å²) in [5.41, 5.74) is 7.06. The molecule has 1 aromatic carbocycles. The molecule has 0 aliphatic rings. The van der Waals surface area contributed by atoms with Crippen LogP contribution in [0, 0.1) is 0 Å². The number of likely N-dealkylation sites (N-methyl/N-ethyl adjacent to an activating group) is 1. The minimum absolute atomic E-state index is 0.303. The molecule has 0 saturated carbocycles. The van der Waals surface area contributed by atoms with Crippen LogP contribution < -0.4 is 5.73 Å². The average molecular weight is 227 g/mol. The van der Waals surface area contributed by atoms with Crippen molar-refractivity contribution in [3.63, 3.8) is 0 Å². The number of rotatable bonds is 5. The van der Waals surface area contributed by atoms with E-state index in [0.29, 0.717) is 12.6 Å². The van der Waals surface area contributed by atoms with Gasteiger partial charge < -0.3 is 5.73 Å². The van der Waals surface area contributed by atoms with Crippen LogP contribution in [-0.4, -0.2) is 24.5 Å². The molecule has 1 rings (SSSR count). The van der Waals surface area contributed by atoms with E-state index < -0.39 is 0 Å². The number of benzene rings is 1. The van der Waals surface area contributed by atoms with Crippen LogP contribution in [0.15, 0.2) is 24.3 Å². The van der Waals surface area contributed by atoms with E-state index in [9.17, 15) is 0 Å². The van der Waals surface area contributed by atoms with Gasteiger partial charge in [-0.15, -0.1) is 0 Å². The summed E-state index contributed by atoms with van der Waals surface area (Å²) in [5.74, 6) is 0. The van der Waals surface area contributed by atoms with Gasteiger partial charge >= 0.3 is 0 Å². The first-order valence-corrected chi connectivity index (χ1v) is 5.80. The molecule has 0 radical (unpaired) electrons. The van der Waals surface area contributed by atoms with E-state index in [1.54, 1.807) is 0 Å². The Balaban J connectivity index is 2.86. The lowest BCUT2D eigenvalue weighted by atomic mass is 10.1. The zero-order valence-corrected chi connectivity index (χ0v) is 10.2. The van der Waals surface area contributed by atoms with Gasteiger partial charge in [-0.1, -0.05) is 37.6 Å². The summed E-state index contributed by atoms with van der Waals surface area (Å²) in [7, 11) is 0. The summed E-state index contributed by atoms with van der Waals surface area (Å²) in [4.78, 5) is 2.35. The van der Waals surface area contributed by atoms with Gasteiger partial charge in [0.1, 0.15) is 0 Å². The molecule has 0 aliphatic carbocycles. The quantitative estimate of drug-likeness (QED) is 0.837. The van der Waals surface area contributed by atoms with Crippen LogP contribution in [0.4, 0.5) is 0 Å². The smallest absolute Gasteiger partial charge is 0.0470 e. The molecule has 0 spiro atoms. The molecule has 2 N–H and O–H groups in total. The predicted octanol–water partition coefficient (Wildman–Crippen LogP) is 2.68. The van der Waals surface area contributed by atoms with Crippen molar-refractivity contribution in [2.45, 2.75) is 19.9 Å². The van der Waals surface area contributed by atoms with E-state index in [1.807, 2.05) is 12.1 Å². The van der Waals surface area contributed by atoms with Crippen molar-refractivity contribution < 1.29 is 0 Å². The second kappa shape index (κ2) is 6.11. The van der Waals surface area contributed by atoms with Crippen molar-refractivity contribution >= 4 is 11.6 Å². The Labute approximate surface area is 97.0 Å². The second-order valence-corrected chi connectivity index (χ2v) is 3.96.